The molecule has 5 nitrogen and oxygen atoms in total. The summed E-state index contributed by atoms with van der Waals surface area (Å²) < 4.78 is 0. The van der Waals surface area contributed by atoms with Gasteiger partial charge in [0.15, 0.2) is 0 Å². The van der Waals surface area contributed by atoms with E-state index in [1.54, 1.807) is 18.2 Å². The van der Waals surface area contributed by atoms with E-state index in [1.807, 2.05) is 59.5 Å². The van der Waals surface area contributed by atoms with Gasteiger partial charge in [-0.05, 0) is 54.0 Å². The lowest BCUT2D eigenvalue weighted by Gasteiger charge is -2.50. The Kier molecular flexibility index (Phi) is 6.96. The largest absolute Gasteiger partial charge is 0.478 e. The number of allylic oxidation sites excluding steroid dienone is 2. The summed E-state index contributed by atoms with van der Waals surface area (Å²) in [5, 5.41) is 18.8. The Morgan fingerprint density at radius 1 is 0.923 bits per heavy atom. The molecule has 3 aromatic rings. The molecular weight excluding hydrogens is 504 g/mol. The fourth-order valence-corrected chi connectivity index (χ4v) is 7.04. The fourth-order valence-electron chi connectivity index (χ4n) is 6.03. The lowest BCUT2D eigenvalue weighted by molar-refractivity contribution is 0.0675. The number of nitriles is 1. The summed E-state index contributed by atoms with van der Waals surface area (Å²) in [5.74, 6) is -0.944. The predicted molar refractivity (Wildman–Crippen MR) is 154 cm³/mol. The highest BCUT2D eigenvalue weighted by Crippen LogP contribution is 2.55. The molecule has 3 aromatic carbocycles. The molecule has 1 heterocycles. The van der Waals surface area contributed by atoms with E-state index in [1.165, 1.54) is 22.9 Å². The van der Waals surface area contributed by atoms with Gasteiger partial charge < -0.3 is 10.0 Å². The Labute approximate surface area is 233 Å². The number of fused-ring (bicyclic) bond motifs is 1. The zero-order chi connectivity index (χ0) is 27.8. The highest BCUT2D eigenvalue weighted by atomic mass is 32.2. The fraction of sp³-hybridized carbons (Fsp3) is 0.242. The van der Waals surface area contributed by atoms with Gasteiger partial charge in [-0.3, -0.25) is 4.79 Å². The first-order valence-electron chi connectivity index (χ1n) is 12.9. The molecule has 0 saturated carbocycles. The zero-order valence-electron chi connectivity index (χ0n) is 22.3. The standard InChI is InChI=1S/C33H30N2O3S/c1-32(2)26(22-12-14-23(15-13-22)31(37)38)16-18-33(3)21-35(19-17-29(32)33)30(36)25-9-5-7-11-28(25)39-27-10-6-4-8-24(27)20-34/h4-17H,18-19,21H2,1-3H3,(H,37,38)/t33-/m1/s1. The van der Waals surface area contributed by atoms with Crippen molar-refractivity contribution in [1.82, 2.24) is 4.90 Å². The van der Waals surface area contributed by atoms with Gasteiger partial charge in [-0.1, -0.05) is 86.7 Å². The Hall–Kier alpha value is -4.08. The summed E-state index contributed by atoms with van der Waals surface area (Å²) in [6.45, 7) is 7.78. The average molecular weight is 535 g/mol. The second kappa shape index (κ2) is 10.2. The maximum atomic E-state index is 13.9. The van der Waals surface area contributed by atoms with E-state index in [0.29, 0.717) is 24.2 Å². The topological polar surface area (TPSA) is 81.4 Å². The first kappa shape index (κ1) is 26.5. The number of carbonyl (C=O) groups excluding carboxylic acids is 1. The van der Waals surface area contributed by atoms with Crippen molar-refractivity contribution < 1.29 is 14.7 Å². The van der Waals surface area contributed by atoms with Crippen molar-refractivity contribution in [1.29, 1.82) is 5.26 Å². The van der Waals surface area contributed by atoms with Crippen LogP contribution in [0.3, 0.4) is 0 Å². The Balaban J connectivity index is 1.41. The zero-order valence-corrected chi connectivity index (χ0v) is 23.1. The molecule has 0 radical (unpaired) electrons. The Morgan fingerprint density at radius 2 is 1.59 bits per heavy atom. The van der Waals surface area contributed by atoms with Crippen LogP contribution in [-0.2, 0) is 0 Å². The molecule has 39 heavy (non-hydrogen) atoms. The number of aromatic carboxylic acids is 1. The van der Waals surface area contributed by atoms with Crippen LogP contribution in [0, 0.1) is 22.2 Å². The van der Waals surface area contributed by atoms with Crippen molar-refractivity contribution in [3.63, 3.8) is 0 Å². The maximum absolute atomic E-state index is 13.9. The number of amides is 1. The minimum atomic E-state index is -0.931. The van der Waals surface area contributed by atoms with Crippen molar-refractivity contribution in [2.45, 2.75) is 37.0 Å². The van der Waals surface area contributed by atoms with E-state index in [-0.39, 0.29) is 22.3 Å². The molecule has 0 spiro atoms. The van der Waals surface area contributed by atoms with Gasteiger partial charge in [0, 0.05) is 33.7 Å². The van der Waals surface area contributed by atoms with E-state index in [0.717, 1.165) is 21.8 Å². The minimum absolute atomic E-state index is 0.0131. The van der Waals surface area contributed by atoms with Crippen LogP contribution < -0.4 is 0 Å². The van der Waals surface area contributed by atoms with Gasteiger partial charge in [-0.2, -0.15) is 5.26 Å². The highest BCUT2D eigenvalue weighted by Gasteiger charge is 2.46. The first-order chi connectivity index (χ1) is 18.6. The molecule has 6 heteroatoms. The predicted octanol–water partition coefficient (Wildman–Crippen LogP) is 7.31. The molecule has 196 valence electrons. The molecule has 2 aliphatic rings. The van der Waals surface area contributed by atoms with Crippen LogP contribution in [0.5, 0.6) is 0 Å². The van der Waals surface area contributed by atoms with E-state index in [9.17, 15) is 20.0 Å². The number of carboxylic acids is 1. The number of benzene rings is 3. The number of nitrogens with zero attached hydrogens (tertiary/aromatic N) is 2. The van der Waals surface area contributed by atoms with Crippen molar-refractivity contribution in [2.24, 2.45) is 10.8 Å². The van der Waals surface area contributed by atoms with Gasteiger partial charge in [0.1, 0.15) is 6.07 Å². The van der Waals surface area contributed by atoms with E-state index < -0.39 is 5.97 Å². The van der Waals surface area contributed by atoms with E-state index in [2.05, 4.69) is 39.0 Å². The third kappa shape index (κ3) is 4.91. The normalized spacial score (nSPS) is 19.8. The number of hydrogen-bond donors (Lipinski definition) is 1. The molecule has 1 amide bonds. The second-order valence-corrected chi connectivity index (χ2v) is 12.0. The van der Waals surface area contributed by atoms with Crippen LogP contribution in [0.4, 0.5) is 0 Å². The van der Waals surface area contributed by atoms with Gasteiger partial charge >= 0.3 is 5.97 Å². The average Bonchev–Trinajstić information content (AvgIpc) is 2.93. The number of rotatable bonds is 5. The highest BCUT2D eigenvalue weighted by molar-refractivity contribution is 7.99. The van der Waals surface area contributed by atoms with E-state index >= 15 is 0 Å². The van der Waals surface area contributed by atoms with E-state index in [4.69, 9.17) is 0 Å². The van der Waals surface area contributed by atoms with Gasteiger partial charge in [0.05, 0.1) is 16.7 Å². The quantitative estimate of drug-likeness (QED) is 0.347. The van der Waals surface area contributed by atoms with Crippen LogP contribution in [-0.4, -0.2) is 35.0 Å². The van der Waals surface area contributed by atoms with Crippen LogP contribution in [0.1, 0.15) is 59.0 Å². The molecule has 1 N–H and O–H groups in total. The van der Waals surface area contributed by atoms with Crippen LogP contribution >= 0.6 is 11.8 Å². The second-order valence-electron chi connectivity index (χ2n) is 10.9. The van der Waals surface area contributed by atoms with Gasteiger partial charge in [0.25, 0.3) is 5.91 Å². The molecule has 0 fully saturated rings. The maximum Gasteiger partial charge on any atom is 0.335 e. The number of hydrogen-bond acceptors (Lipinski definition) is 4. The van der Waals surface area contributed by atoms with Crippen LogP contribution in [0.15, 0.2) is 100 Å². The first-order valence-corrected chi connectivity index (χ1v) is 13.8. The Bertz CT molecular complexity index is 1560. The Morgan fingerprint density at radius 3 is 2.28 bits per heavy atom. The van der Waals surface area contributed by atoms with Crippen LogP contribution in [0.25, 0.3) is 5.57 Å². The molecule has 0 aromatic heterocycles. The molecular formula is C33H30N2O3S. The van der Waals surface area contributed by atoms with Crippen molar-refractivity contribution in [3.05, 3.63) is 113 Å². The number of carboxylic acid groups (broad SMARTS) is 1. The molecule has 0 unspecified atom stereocenters. The number of carbonyl (C=O) groups is 2. The van der Waals surface area contributed by atoms with Gasteiger partial charge in [0.2, 0.25) is 0 Å². The lowest BCUT2D eigenvalue weighted by Crippen LogP contribution is -2.48. The van der Waals surface area contributed by atoms with Crippen molar-refractivity contribution in [3.8, 4) is 6.07 Å². The smallest absolute Gasteiger partial charge is 0.335 e. The van der Waals surface area contributed by atoms with Gasteiger partial charge in [-0.15, -0.1) is 0 Å². The van der Waals surface area contributed by atoms with Crippen LogP contribution in [0.2, 0.25) is 0 Å². The summed E-state index contributed by atoms with van der Waals surface area (Å²) in [4.78, 5) is 28.8. The van der Waals surface area contributed by atoms with Crippen molar-refractivity contribution >= 4 is 29.2 Å². The lowest BCUT2D eigenvalue weighted by atomic mass is 9.58. The SMILES string of the molecule is CC1(C)C(c2ccc(C(=O)O)cc2)=CC[C@]2(C)CN(C(=O)c3ccccc3Sc3ccccc3C#N)CC=C12. The monoisotopic (exact) mass is 534 g/mol. The molecule has 0 bridgehead atoms. The summed E-state index contributed by atoms with van der Waals surface area (Å²) >= 11 is 1.45. The molecule has 0 saturated heterocycles. The third-order valence-electron chi connectivity index (χ3n) is 7.88. The molecule has 1 aliphatic heterocycles. The summed E-state index contributed by atoms with van der Waals surface area (Å²) in [6, 6.07) is 24.4. The third-order valence-corrected chi connectivity index (χ3v) is 9.04. The summed E-state index contributed by atoms with van der Waals surface area (Å²) in [6.07, 6.45) is 5.25. The van der Waals surface area contributed by atoms with Crippen molar-refractivity contribution in [2.75, 3.05) is 13.1 Å². The summed E-state index contributed by atoms with van der Waals surface area (Å²) in [5.41, 5.74) is 4.55. The molecule has 1 atom stereocenters. The minimum Gasteiger partial charge on any atom is -0.478 e. The van der Waals surface area contributed by atoms with Gasteiger partial charge in [-0.25, -0.2) is 4.79 Å². The molecule has 1 aliphatic carbocycles. The molecule has 5 rings (SSSR count). The summed E-state index contributed by atoms with van der Waals surface area (Å²) in [7, 11) is 0.